The van der Waals surface area contributed by atoms with E-state index in [0.717, 1.165) is 0 Å². The molecule has 1 saturated heterocycles. The van der Waals surface area contributed by atoms with Crippen molar-refractivity contribution in [2.24, 2.45) is 5.41 Å². The van der Waals surface area contributed by atoms with Crippen molar-refractivity contribution >= 4 is 11.9 Å². The number of hydrogen-bond acceptors (Lipinski definition) is 4. The Morgan fingerprint density at radius 2 is 1.83 bits per heavy atom. The number of rotatable bonds is 2. The highest BCUT2D eigenvalue weighted by Gasteiger charge is 2.38. The van der Waals surface area contributed by atoms with Crippen molar-refractivity contribution in [1.82, 2.24) is 14.9 Å². The molecule has 6 nitrogen and oxygen atoms in total. The number of carboxylic acid groups (broad SMARTS) is 1. The lowest BCUT2D eigenvalue weighted by atomic mass is 9.80. The molecule has 18 heavy (non-hydrogen) atoms. The van der Waals surface area contributed by atoms with E-state index in [4.69, 9.17) is 5.11 Å². The van der Waals surface area contributed by atoms with Crippen LogP contribution in [-0.2, 0) is 4.79 Å². The Balaban J connectivity index is 2.03. The predicted octanol–water partition coefficient (Wildman–Crippen LogP) is 0.804. The fourth-order valence-electron chi connectivity index (χ4n) is 2.01. The van der Waals surface area contributed by atoms with Crippen LogP contribution in [0.4, 0.5) is 0 Å². The third-order valence-electron chi connectivity index (χ3n) is 3.48. The molecule has 1 aliphatic heterocycles. The fraction of sp³-hybridized carbons (Fsp3) is 0.500. The van der Waals surface area contributed by atoms with Crippen LogP contribution in [-0.4, -0.2) is 44.9 Å². The van der Waals surface area contributed by atoms with Crippen LogP contribution in [0.5, 0.6) is 0 Å². The van der Waals surface area contributed by atoms with Gasteiger partial charge in [-0.15, -0.1) is 0 Å². The fourth-order valence-corrected chi connectivity index (χ4v) is 2.01. The SMILES string of the molecule is CC1(C(=O)O)CCN(C(=O)c2cncnc2)CC1. The van der Waals surface area contributed by atoms with Crippen molar-refractivity contribution in [3.8, 4) is 0 Å². The first-order chi connectivity index (χ1) is 8.53. The van der Waals surface area contributed by atoms with Gasteiger partial charge in [0.05, 0.1) is 11.0 Å². The lowest BCUT2D eigenvalue weighted by molar-refractivity contribution is -0.150. The average molecular weight is 249 g/mol. The van der Waals surface area contributed by atoms with Gasteiger partial charge < -0.3 is 10.0 Å². The van der Waals surface area contributed by atoms with Gasteiger partial charge in [-0.05, 0) is 19.8 Å². The number of carbonyl (C=O) groups is 2. The summed E-state index contributed by atoms with van der Waals surface area (Å²) in [5.41, 5.74) is -0.277. The highest BCUT2D eigenvalue weighted by Crippen LogP contribution is 2.31. The van der Waals surface area contributed by atoms with Crippen molar-refractivity contribution in [2.45, 2.75) is 19.8 Å². The van der Waals surface area contributed by atoms with Crippen LogP contribution in [0.25, 0.3) is 0 Å². The second-order valence-corrected chi connectivity index (χ2v) is 4.79. The molecule has 1 fully saturated rings. The monoisotopic (exact) mass is 249 g/mol. The van der Waals surface area contributed by atoms with Crippen molar-refractivity contribution in [3.05, 3.63) is 24.3 Å². The van der Waals surface area contributed by atoms with Crippen LogP contribution in [0.3, 0.4) is 0 Å². The summed E-state index contributed by atoms with van der Waals surface area (Å²) in [6.07, 6.45) is 5.26. The molecule has 2 rings (SSSR count). The quantitative estimate of drug-likeness (QED) is 0.838. The van der Waals surface area contributed by atoms with Gasteiger partial charge in [0, 0.05) is 25.5 Å². The van der Waals surface area contributed by atoms with Gasteiger partial charge in [-0.3, -0.25) is 9.59 Å². The number of amides is 1. The van der Waals surface area contributed by atoms with Crippen LogP contribution < -0.4 is 0 Å². The Morgan fingerprint density at radius 1 is 1.28 bits per heavy atom. The van der Waals surface area contributed by atoms with Gasteiger partial charge in [0.15, 0.2) is 0 Å². The van der Waals surface area contributed by atoms with Crippen LogP contribution in [0.2, 0.25) is 0 Å². The standard InChI is InChI=1S/C12H15N3O3/c1-12(11(17)18)2-4-15(5-3-12)10(16)9-6-13-8-14-7-9/h6-8H,2-5H2,1H3,(H,17,18). The Labute approximate surface area is 105 Å². The molecule has 1 N–H and O–H groups in total. The minimum atomic E-state index is -0.794. The van der Waals surface area contributed by atoms with Gasteiger partial charge >= 0.3 is 5.97 Å². The van der Waals surface area contributed by atoms with E-state index in [1.54, 1.807) is 11.8 Å². The summed E-state index contributed by atoms with van der Waals surface area (Å²) in [6, 6.07) is 0. The third-order valence-corrected chi connectivity index (χ3v) is 3.48. The van der Waals surface area contributed by atoms with Crippen molar-refractivity contribution in [2.75, 3.05) is 13.1 Å². The van der Waals surface area contributed by atoms with E-state index >= 15 is 0 Å². The Kier molecular flexibility index (Phi) is 3.27. The number of hydrogen-bond donors (Lipinski definition) is 1. The van der Waals surface area contributed by atoms with Gasteiger partial charge in [-0.25, -0.2) is 9.97 Å². The number of aliphatic carboxylic acids is 1. The molecule has 0 saturated carbocycles. The molecule has 0 radical (unpaired) electrons. The summed E-state index contributed by atoms with van der Waals surface area (Å²) in [5.74, 6) is -0.930. The zero-order valence-corrected chi connectivity index (χ0v) is 10.2. The second-order valence-electron chi connectivity index (χ2n) is 4.79. The largest absolute Gasteiger partial charge is 0.481 e. The maximum Gasteiger partial charge on any atom is 0.309 e. The molecule has 1 aromatic rings. The first-order valence-electron chi connectivity index (χ1n) is 5.81. The summed E-state index contributed by atoms with van der Waals surface area (Å²) in [6.45, 7) is 2.63. The molecule has 2 heterocycles. The smallest absolute Gasteiger partial charge is 0.309 e. The zero-order chi connectivity index (χ0) is 13.2. The Morgan fingerprint density at radius 3 is 2.33 bits per heavy atom. The normalized spacial score (nSPS) is 18.4. The number of likely N-dealkylation sites (tertiary alicyclic amines) is 1. The molecule has 0 spiro atoms. The molecule has 0 unspecified atom stereocenters. The van der Waals surface area contributed by atoms with Crippen molar-refractivity contribution in [1.29, 1.82) is 0 Å². The van der Waals surface area contributed by atoms with Gasteiger partial charge in [0.2, 0.25) is 0 Å². The van der Waals surface area contributed by atoms with E-state index in [1.165, 1.54) is 18.7 Å². The molecule has 0 bridgehead atoms. The molecule has 1 amide bonds. The van der Waals surface area contributed by atoms with E-state index in [9.17, 15) is 9.59 Å². The highest BCUT2D eigenvalue weighted by atomic mass is 16.4. The number of nitrogens with zero attached hydrogens (tertiary/aromatic N) is 3. The zero-order valence-electron chi connectivity index (χ0n) is 10.2. The molecule has 96 valence electrons. The number of piperidine rings is 1. The molecular formula is C12H15N3O3. The second kappa shape index (κ2) is 4.72. The lowest BCUT2D eigenvalue weighted by Crippen LogP contribution is -2.45. The molecular weight excluding hydrogens is 234 g/mol. The maximum atomic E-state index is 12.1. The van der Waals surface area contributed by atoms with Crippen LogP contribution in [0, 0.1) is 5.41 Å². The van der Waals surface area contributed by atoms with Gasteiger partial charge in [0.25, 0.3) is 5.91 Å². The van der Waals surface area contributed by atoms with E-state index in [0.29, 0.717) is 31.5 Å². The van der Waals surface area contributed by atoms with Crippen molar-refractivity contribution < 1.29 is 14.7 Å². The minimum Gasteiger partial charge on any atom is -0.481 e. The van der Waals surface area contributed by atoms with E-state index in [2.05, 4.69) is 9.97 Å². The number of carbonyl (C=O) groups excluding carboxylic acids is 1. The molecule has 1 aliphatic rings. The highest BCUT2D eigenvalue weighted by molar-refractivity contribution is 5.93. The van der Waals surface area contributed by atoms with Gasteiger partial charge in [-0.2, -0.15) is 0 Å². The molecule has 1 aromatic heterocycles. The van der Waals surface area contributed by atoms with E-state index < -0.39 is 11.4 Å². The Bertz CT molecular complexity index is 453. The average Bonchev–Trinajstić information content (AvgIpc) is 2.40. The summed E-state index contributed by atoms with van der Waals surface area (Å²) in [4.78, 5) is 32.4. The van der Waals surface area contributed by atoms with Crippen LogP contribution in [0.15, 0.2) is 18.7 Å². The van der Waals surface area contributed by atoms with E-state index in [1.807, 2.05) is 0 Å². The topological polar surface area (TPSA) is 83.4 Å². The van der Waals surface area contributed by atoms with Gasteiger partial charge in [-0.1, -0.05) is 0 Å². The number of carboxylic acids is 1. The summed E-state index contributed by atoms with van der Waals surface area (Å²) in [5, 5.41) is 9.12. The molecule has 0 aliphatic carbocycles. The third kappa shape index (κ3) is 2.32. The molecule has 6 heteroatoms. The van der Waals surface area contributed by atoms with Crippen molar-refractivity contribution in [3.63, 3.8) is 0 Å². The predicted molar refractivity (Wildman–Crippen MR) is 62.9 cm³/mol. The summed E-state index contributed by atoms with van der Waals surface area (Å²) < 4.78 is 0. The molecule has 0 aromatic carbocycles. The van der Waals surface area contributed by atoms with Crippen LogP contribution in [0.1, 0.15) is 30.1 Å². The first kappa shape index (κ1) is 12.5. The summed E-state index contributed by atoms with van der Waals surface area (Å²) >= 11 is 0. The number of aromatic nitrogens is 2. The van der Waals surface area contributed by atoms with Crippen LogP contribution >= 0.6 is 0 Å². The minimum absolute atomic E-state index is 0.136. The lowest BCUT2D eigenvalue weighted by Gasteiger charge is -2.36. The molecule has 0 atom stereocenters. The van der Waals surface area contributed by atoms with Gasteiger partial charge in [0.1, 0.15) is 6.33 Å². The Hall–Kier alpha value is -1.98. The summed E-state index contributed by atoms with van der Waals surface area (Å²) in [7, 11) is 0. The van der Waals surface area contributed by atoms with E-state index in [-0.39, 0.29) is 5.91 Å². The maximum absolute atomic E-state index is 12.1. The first-order valence-corrected chi connectivity index (χ1v) is 5.81.